The largest absolute Gasteiger partial charge is 0.484 e. The molecule has 0 aliphatic rings. The fourth-order valence-electron chi connectivity index (χ4n) is 2.72. The molecule has 0 unspecified atom stereocenters. The average molecular weight is 383 g/mol. The highest BCUT2D eigenvalue weighted by Gasteiger charge is 2.17. The third-order valence-corrected chi connectivity index (χ3v) is 4.43. The predicted octanol–water partition coefficient (Wildman–Crippen LogP) is 3.92. The Bertz CT molecular complexity index is 753. The van der Waals surface area contributed by atoms with Crippen molar-refractivity contribution in [1.82, 2.24) is 4.90 Å². The van der Waals surface area contributed by atoms with Crippen LogP contribution in [0.3, 0.4) is 0 Å². The standard InChI is InChI=1S/C23H29NO4/c1-4-19-10-12-21(13-11-19)28-17-22(25)24(15-14-23(26)27-5-2)16-20-8-6-18(3)7-9-20/h6-13H,4-5,14-17H2,1-3H3. The molecule has 28 heavy (non-hydrogen) atoms. The van der Waals surface area contributed by atoms with Gasteiger partial charge in [0.15, 0.2) is 6.61 Å². The number of aryl methyl sites for hydroxylation is 2. The smallest absolute Gasteiger partial charge is 0.307 e. The molecule has 0 spiro atoms. The zero-order chi connectivity index (χ0) is 20.4. The summed E-state index contributed by atoms with van der Waals surface area (Å²) < 4.78 is 10.6. The number of carbonyl (C=O) groups excluding carboxylic acids is 2. The molecule has 5 nitrogen and oxygen atoms in total. The van der Waals surface area contributed by atoms with Crippen LogP contribution in [0, 0.1) is 6.92 Å². The summed E-state index contributed by atoms with van der Waals surface area (Å²) in [5, 5.41) is 0. The summed E-state index contributed by atoms with van der Waals surface area (Å²) in [6, 6.07) is 15.7. The maximum Gasteiger partial charge on any atom is 0.307 e. The van der Waals surface area contributed by atoms with E-state index in [1.807, 2.05) is 55.5 Å². The second-order valence-corrected chi connectivity index (χ2v) is 6.64. The maximum absolute atomic E-state index is 12.7. The first kappa shape index (κ1) is 21.5. The summed E-state index contributed by atoms with van der Waals surface area (Å²) in [5.41, 5.74) is 3.39. The van der Waals surface area contributed by atoms with Crippen molar-refractivity contribution >= 4 is 11.9 Å². The van der Waals surface area contributed by atoms with Gasteiger partial charge in [-0.05, 0) is 43.5 Å². The second kappa shape index (κ2) is 11.1. The van der Waals surface area contributed by atoms with E-state index in [1.165, 1.54) is 5.56 Å². The first-order valence-corrected chi connectivity index (χ1v) is 9.72. The van der Waals surface area contributed by atoms with Gasteiger partial charge in [0.25, 0.3) is 5.91 Å². The third-order valence-electron chi connectivity index (χ3n) is 4.43. The highest BCUT2D eigenvalue weighted by molar-refractivity contribution is 5.78. The third kappa shape index (κ3) is 7.06. The van der Waals surface area contributed by atoms with E-state index in [9.17, 15) is 9.59 Å². The van der Waals surface area contributed by atoms with Gasteiger partial charge in [-0.2, -0.15) is 0 Å². The van der Waals surface area contributed by atoms with E-state index in [2.05, 4.69) is 6.92 Å². The molecule has 0 fully saturated rings. The minimum absolute atomic E-state index is 0.0693. The van der Waals surface area contributed by atoms with E-state index in [0.29, 0.717) is 25.4 Å². The number of rotatable bonds is 10. The topological polar surface area (TPSA) is 55.8 Å². The van der Waals surface area contributed by atoms with Crippen LogP contribution in [0.4, 0.5) is 0 Å². The average Bonchev–Trinajstić information content (AvgIpc) is 2.71. The van der Waals surface area contributed by atoms with Gasteiger partial charge in [0, 0.05) is 13.1 Å². The summed E-state index contributed by atoms with van der Waals surface area (Å²) in [6.45, 7) is 6.86. The van der Waals surface area contributed by atoms with Gasteiger partial charge >= 0.3 is 5.97 Å². The van der Waals surface area contributed by atoms with Gasteiger partial charge in [0.1, 0.15) is 5.75 Å². The highest BCUT2D eigenvalue weighted by Crippen LogP contribution is 2.14. The van der Waals surface area contributed by atoms with Crippen LogP contribution in [0.1, 0.15) is 37.0 Å². The lowest BCUT2D eigenvalue weighted by Gasteiger charge is -2.23. The van der Waals surface area contributed by atoms with Crippen molar-refractivity contribution < 1.29 is 19.1 Å². The lowest BCUT2D eigenvalue weighted by atomic mass is 10.1. The molecule has 0 saturated carbocycles. The van der Waals surface area contributed by atoms with Gasteiger partial charge in [0.05, 0.1) is 13.0 Å². The summed E-state index contributed by atoms with van der Waals surface area (Å²) in [5.74, 6) is 0.191. The number of benzene rings is 2. The molecule has 0 aromatic heterocycles. The molecule has 0 radical (unpaired) electrons. The van der Waals surface area contributed by atoms with Crippen molar-refractivity contribution in [3.63, 3.8) is 0 Å². The van der Waals surface area contributed by atoms with Crippen LogP contribution in [0.25, 0.3) is 0 Å². The van der Waals surface area contributed by atoms with Crippen molar-refractivity contribution in [3.8, 4) is 5.75 Å². The Labute approximate surface area is 167 Å². The summed E-state index contributed by atoms with van der Waals surface area (Å²) in [4.78, 5) is 26.1. The normalized spacial score (nSPS) is 10.4. The van der Waals surface area contributed by atoms with E-state index in [1.54, 1.807) is 11.8 Å². The monoisotopic (exact) mass is 383 g/mol. The summed E-state index contributed by atoms with van der Waals surface area (Å²) in [6.07, 6.45) is 1.12. The van der Waals surface area contributed by atoms with Crippen LogP contribution < -0.4 is 4.74 Å². The fraction of sp³-hybridized carbons (Fsp3) is 0.391. The van der Waals surface area contributed by atoms with Crippen molar-refractivity contribution in [2.45, 2.75) is 40.2 Å². The Morgan fingerprint density at radius 1 is 0.929 bits per heavy atom. The van der Waals surface area contributed by atoms with Crippen molar-refractivity contribution in [2.75, 3.05) is 19.8 Å². The van der Waals surface area contributed by atoms with Crippen molar-refractivity contribution in [3.05, 3.63) is 65.2 Å². The molecule has 150 valence electrons. The molecule has 0 bridgehead atoms. The number of hydrogen-bond acceptors (Lipinski definition) is 4. The van der Waals surface area contributed by atoms with E-state index in [4.69, 9.17) is 9.47 Å². The van der Waals surface area contributed by atoms with Crippen molar-refractivity contribution in [1.29, 1.82) is 0 Å². The van der Waals surface area contributed by atoms with Gasteiger partial charge in [-0.15, -0.1) is 0 Å². The van der Waals surface area contributed by atoms with Gasteiger partial charge in [-0.1, -0.05) is 48.9 Å². The molecule has 0 aliphatic heterocycles. The SMILES string of the molecule is CCOC(=O)CCN(Cc1ccc(C)cc1)C(=O)COc1ccc(CC)cc1. The summed E-state index contributed by atoms with van der Waals surface area (Å²) in [7, 11) is 0. The van der Waals surface area contributed by atoms with Gasteiger partial charge in [-0.25, -0.2) is 0 Å². The van der Waals surface area contributed by atoms with E-state index < -0.39 is 0 Å². The Morgan fingerprint density at radius 3 is 2.18 bits per heavy atom. The molecule has 0 atom stereocenters. The fourth-order valence-corrected chi connectivity index (χ4v) is 2.72. The molecule has 1 amide bonds. The van der Waals surface area contributed by atoms with Crippen molar-refractivity contribution in [2.24, 2.45) is 0 Å². The first-order valence-electron chi connectivity index (χ1n) is 9.72. The Morgan fingerprint density at radius 2 is 1.57 bits per heavy atom. The van der Waals surface area contributed by atoms with Crippen LogP contribution in [0.15, 0.2) is 48.5 Å². The lowest BCUT2D eigenvalue weighted by Crippen LogP contribution is -2.36. The van der Waals surface area contributed by atoms with E-state index in [-0.39, 0.29) is 24.9 Å². The van der Waals surface area contributed by atoms with Gasteiger partial charge < -0.3 is 14.4 Å². The van der Waals surface area contributed by atoms with Gasteiger partial charge in [0.2, 0.25) is 0 Å². The Hall–Kier alpha value is -2.82. The minimum Gasteiger partial charge on any atom is -0.484 e. The predicted molar refractivity (Wildman–Crippen MR) is 109 cm³/mol. The number of carbonyl (C=O) groups is 2. The van der Waals surface area contributed by atoms with Gasteiger partial charge in [-0.3, -0.25) is 9.59 Å². The molecule has 2 aromatic rings. The molecule has 0 saturated heterocycles. The van der Waals surface area contributed by atoms with Crippen LogP contribution in [0.5, 0.6) is 5.75 Å². The Kier molecular flexibility index (Phi) is 8.53. The number of esters is 1. The zero-order valence-electron chi connectivity index (χ0n) is 16.9. The molecule has 2 aromatic carbocycles. The lowest BCUT2D eigenvalue weighted by molar-refractivity contribution is -0.144. The van der Waals surface area contributed by atoms with Crippen LogP contribution >= 0.6 is 0 Å². The van der Waals surface area contributed by atoms with Crippen LogP contribution in [0.2, 0.25) is 0 Å². The molecule has 5 heteroatoms. The zero-order valence-corrected chi connectivity index (χ0v) is 16.9. The summed E-state index contributed by atoms with van der Waals surface area (Å²) >= 11 is 0. The number of ether oxygens (including phenoxy) is 2. The minimum atomic E-state index is -0.305. The number of hydrogen-bond donors (Lipinski definition) is 0. The first-order chi connectivity index (χ1) is 13.5. The van der Waals surface area contributed by atoms with E-state index in [0.717, 1.165) is 17.5 Å². The quantitative estimate of drug-likeness (QED) is 0.584. The highest BCUT2D eigenvalue weighted by atomic mass is 16.5. The molecular formula is C23H29NO4. The Balaban J connectivity index is 1.99. The van der Waals surface area contributed by atoms with Crippen LogP contribution in [-0.2, 0) is 27.3 Å². The number of amides is 1. The second-order valence-electron chi connectivity index (χ2n) is 6.64. The molecule has 0 aliphatic carbocycles. The maximum atomic E-state index is 12.7. The van der Waals surface area contributed by atoms with Crippen LogP contribution in [-0.4, -0.2) is 36.5 Å². The molecule has 0 heterocycles. The molecular weight excluding hydrogens is 354 g/mol. The number of nitrogens with zero attached hydrogens (tertiary/aromatic N) is 1. The molecule has 2 rings (SSSR count). The van der Waals surface area contributed by atoms with E-state index >= 15 is 0 Å². The molecule has 0 N–H and O–H groups in total.